The number of methoxy groups -OCH3 is 1. The molecule has 0 aliphatic carbocycles. The summed E-state index contributed by atoms with van der Waals surface area (Å²) in [6.45, 7) is 1.11. The molecule has 2 aromatic rings. The molecule has 0 spiro atoms. The van der Waals surface area contributed by atoms with Crippen molar-refractivity contribution in [3.8, 4) is 11.4 Å². The molecule has 0 unspecified atom stereocenters. The van der Waals surface area contributed by atoms with E-state index in [-0.39, 0.29) is 0 Å². The lowest BCUT2D eigenvalue weighted by Gasteiger charge is -2.31. The van der Waals surface area contributed by atoms with Gasteiger partial charge in [-0.25, -0.2) is 9.67 Å². The molecule has 3 rings (SSSR count). The number of likely N-dealkylation sites (tertiary alicyclic amines) is 1. The van der Waals surface area contributed by atoms with Crippen molar-refractivity contribution in [1.29, 1.82) is 0 Å². The zero-order valence-electron chi connectivity index (χ0n) is 12.0. The lowest BCUT2D eigenvalue weighted by atomic mass is 10.0. The average molecular weight is 272 g/mol. The highest BCUT2D eigenvalue weighted by molar-refractivity contribution is 5.46. The van der Waals surface area contributed by atoms with Gasteiger partial charge in [0.1, 0.15) is 23.6 Å². The summed E-state index contributed by atoms with van der Waals surface area (Å²) in [7, 11) is 3.84. The molecule has 0 saturated carbocycles. The van der Waals surface area contributed by atoms with Crippen LogP contribution < -0.4 is 4.74 Å². The van der Waals surface area contributed by atoms with E-state index in [1.54, 1.807) is 13.4 Å². The molecule has 5 heteroatoms. The van der Waals surface area contributed by atoms with Crippen LogP contribution in [0.1, 0.15) is 31.1 Å². The predicted octanol–water partition coefficient (Wildman–Crippen LogP) is 2.43. The monoisotopic (exact) mass is 272 g/mol. The molecule has 1 fully saturated rings. The Bertz CT molecular complexity index is 581. The van der Waals surface area contributed by atoms with Gasteiger partial charge in [0.05, 0.1) is 13.2 Å². The number of ether oxygens (including phenoxy) is 1. The Balaban J connectivity index is 2.01. The summed E-state index contributed by atoms with van der Waals surface area (Å²) in [4.78, 5) is 6.86. The molecule has 1 aliphatic rings. The Kier molecular flexibility index (Phi) is 3.69. The summed E-state index contributed by atoms with van der Waals surface area (Å²) in [6.07, 6.45) is 5.26. The molecule has 2 heterocycles. The van der Waals surface area contributed by atoms with E-state index < -0.39 is 0 Å². The fourth-order valence-corrected chi connectivity index (χ4v) is 2.87. The van der Waals surface area contributed by atoms with Gasteiger partial charge in [0.25, 0.3) is 0 Å². The summed E-state index contributed by atoms with van der Waals surface area (Å²) < 4.78 is 7.34. The second kappa shape index (κ2) is 5.63. The summed E-state index contributed by atoms with van der Waals surface area (Å²) in [5.74, 6) is 1.81. The maximum absolute atomic E-state index is 5.44. The van der Waals surface area contributed by atoms with E-state index in [1.807, 2.05) is 28.9 Å². The quantitative estimate of drug-likeness (QED) is 0.860. The van der Waals surface area contributed by atoms with Crippen molar-refractivity contribution in [1.82, 2.24) is 19.7 Å². The van der Waals surface area contributed by atoms with Gasteiger partial charge in [-0.1, -0.05) is 18.6 Å². The summed E-state index contributed by atoms with van der Waals surface area (Å²) in [6, 6.07) is 8.25. The van der Waals surface area contributed by atoms with Crippen LogP contribution in [0.25, 0.3) is 5.69 Å². The first-order valence-corrected chi connectivity index (χ1v) is 7.05. The molecular weight excluding hydrogens is 252 g/mol. The molecule has 106 valence electrons. The molecule has 1 saturated heterocycles. The molecule has 0 N–H and O–H groups in total. The normalized spacial score (nSPS) is 20.0. The maximum atomic E-state index is 5.44. The zero-order valence-corrected chi connectivity index (χ0v) is 12.0. The molecule has 0 radical (unpaired) electrons. The Morgan fingerprint density at radius 2 is 2.10 bits per heavy atom. The highest BCUT2D eigenvalue weighted by atomic mass is 16.5. The summed E-state index contributed by atoms with van der Waals surface area (Å²) in [5.41, 5.74) is 0.946. The van der Waals surface area contributed by atoms with E-state index in [9.17, 15) is 0 Å². The van der Waals surface area contributed by atoms with Gasteiger partial charge < -0.3 is 4.74 Å². The molecule has 0 amide bonds. The lowest BCUT2D eigenvalue weighted by molar-refractivity contribution is 0.177. The minimum Gasteiger partial charge on any atom is -0.494 e. The minimum atomic E-state index is 0.330. The molecule has 1 atom stereocenters. The lowest BCUT2D eigenvalue weighted by Crippen LogP contribution is -2.31. The second-order valence-electron chi connectivity index (χ2n) is 5.19. The number of nitrogens with zero attached hydrogens (tertiary/aromatic N) is 4. The second-order valence-corrected chi connectivity index (χ2v) is 5.19. The predicted molar refractivity (Wildman–Crippen MR) is 77.1 cm³/mol. The smallest absolute Gasteiger partial charge is 0.149 e. The van der Waals surface area contributed by atoms with Crippen molar-refractivity contribution in [3.05, 3.63) is 36.4 Å². The van der Waals surface area contributed by atoms with Gasteiger partial charge in [-0.3, -0.25) is 4.90 Å². The van der Waals surface area contributed by atoms with E-state index in [4.69, 9.17) is 4.74 Å². The standard InChI is InChI=1S/C15H20N4O/c1-18-10-6-5-8-13(18)15-16-11-17-19(15)12-7-3-4-9-14(12)20-2/h3-4,7,9,11,13H,5-6,8,10H2,1-2H3/t13-/m0/s1. The van der Waals surface area contributed by atoms with Crippen molar-refractivity contribution in [2.24, 2.45) is 0 Å². The van der Waals surface area contributed by atoms with Gasteiger partial charge in [0.15, 0.2) is 0 Å². The number of piperidine rings is 1. The van der Waals surface area contributed by atoms with E-state index in [2.05, 4.69) is 22.0 Å². The van der Waals surface area contributed by atoms with Gasteiger partial charge in [0.2, 0.25) is 0 Å². The first-order chi connectivity index (χ1) is 9.81. The number of hydrogen-bond donors (Lipinski definition) is 0. The van der Waals surface area contributed by atoms with Crippen molar-refractivity contribution >= 4 is 0 Å². The molecule has 0 bridgehead atoms. The van der Waals surface area contributed by atoms with Crippen LogP contribution in [0.2, 0.25) is 0 Å². The van der Waals surface area contributed by atoms with E-state index in [0.29, 0.717) is 6.04 Å². The highest BCUT2D eigenvalue weighted by Gasteiger charge is 2.26. The van der Waals surface area contributed by atoms with Gasteiger partial charge in [0, 0.05) is 0 Å². The number of rotatable bonds is 3. The van der Waals surface area contributed by atoms with Crippen molar-refractivity contribution in [3.63, 3.8) is 0 Å². The molecule has 5 nitrogen and oxygen atoms in total. The zero-order chi connectivity index (χ0) is 13.9. The van der Waals surface area contributed by atoms with Gasteiger partial charge in [-0.15, -0.1) is 0 Å². The van der Waals surface area contributed by atoms with Crippen LogP contribution in [-0.4, -0.2) is 40.4 Å². The van der Waals surface area contributed by atoms with Crippen LogP contribution in [0.4, 0.5) is 0 Å². The third-order valence-corrected chi connectivity index (χ3v) is 3.96. The minimum absolute atomic E-state index is 0.330. The van der Waals surface area contributed by atoms with Crippen molar-refractivity contribution < 1.29 is 4.74 Å². The van der Waals surface area contributed by atoms with E-state index in [1.165, 1.54) is 12.8 Å². The number of benzene rings is 1. The third kappa shape index (κ3) is 2.29. The van der Waals surface area contributed by atoms with Gasteiger partial charge in [-0.2, -0.15) is 5.10 Å². The number of para-hydroxylation sites is 2. The van der Waals surface area contributed by atoms with E-state index >= 15 is 0 Å². The summed E-state index contributed by atoms with van der Waals surface area (Å²) in [5, 5.41) is 4.40. The Hall–Kier alpha value is -1.88. The van der Waals surface area contributed by atoms with E-state index in [0.717, 1.165) is 30.2 Å². The number of aromatic nitrogens is 3. The highest BCUT2D eigenvalue weighted by Crippen LogP contribution is 2.31. The van der Waals surface area contributed by atoms with Crippen LogP contribution in [0, 0.1) is 0 Å². The van der Waals surface area contributed by atoms with Crippen LogP contribution >= 0.6 is 0 Å². The largest absolute Gasteiger partial charge is 0.494 e. The fourth-order valence-electron chi connectivity index (χ4n) is 2.87. The van der Waals surface area contributed by atoms with Crippen LogP contribution in [0.5, 0.6) is 5.75 Å². The van der Waals surface area contributed by atoms with Crippen LogP contribution in [0.15, 0.2) is 30.6 Å². The molecule has 1 aromatic heterocycles. The third-order valence-electron chi connectivity index (χ3n) is 3.96. The van der Waals surface area contributed by atoms with Crippen LogP contribution in [-0.2, 0) is 0 Å². The van der Waals surface area contributed by atoms with Gasteiger partial charge in [-0.05, 0) is 38.6 Å². The number of hydrogen-bond acceptors (Lipinski definition) is 4. The average Bonchev–Trinajstić information content (AvgIpc) is 2.96. The molecular formula is C15H20N4O. The maximum Gasteiger partial charge on any atom is 0.149 e. The Morgan fingerprint density at radius 3 is 2.90 bits per heavy atom. The Morgan fingerprint density at radius 1 is 1.25 bits per heavy atom. The van der Waals surface area contributed by atoms with Crippen molar-refractivity contribution in [2.45, 2.75) is 25.3 Å². The Labute approximate surface area is 119 Å². The SMILES string of the molecule is COc1ccccc1-n1ncnc1[C@@H]1CCCCN1C. The summed E-state index contributed by atoms with van der Waals surface area (Å²) >= 11 is 0. The molecule has 1 aromatic carbocycles. The topological polar surface area (TPSA) is 43.2 Å². The first-order valence-electron chi connectivity index (χ1n) is 7.05. The van der Waals surface area contributed by atoms with Gasteiger partial charge >= 0.3 is 0 Å². The molecule has 20 heavy (non-hydrogen) atoms. The fraction of sp³-hybridized carbons (Fsp3) is 0.467. The molecule has 1 aliphatic heterocycles. The first kappa shape index (κ1) is 13.1. The van der Waals surface area contributed by atoms with Crippen molar-refractivity contribution in [2.75, 3.05) is 20.7 Å². The van der Waals surface area contributed by atoms with Crippen LogP contribution in [0.3, 0.4) is 0 Å².